The van der Waals surface area contributed by atoms with Crippen molar-refractivity contribution in [2.75, 3.05) is 12.8 Å². The fourth-order valence-corrected chi connectivity index (χ4v) is 1.72. The van der Waals surface area contributed by atoms with E-state index in [1.54, 1.807) is 24.5 Å². The van der Waals surface area contributed by atoms with Gasteiger partial charge >= 0.3 is 0 Å². The van der Waals surface area contributed by atoms with Crippen LogP contribution in [0, 0.1) is 0 Å². The van der Waals surface area contributed by atoms with Gasteiger partial charge in [-0.15, -0.1) is 0 Å². The van der Waals surface area contributed by atoms with Crippen molar-refractivity contribution < 1.29 is 9.00 Å². The molecule has 0 aliphatic rings. The number of nitrogens with one attached hydrogen (secondary N) is 1. The van der Waals surface area contributed by atoms with Crippen molar-refractivity contribution in [1.82, 2.24) is 5.32 Å². The fraction of sp³-hybridized carbons (Fsp3) is 0.417. The molecule has 0 aliphatic carbocycles. The first-order valence-electron chi connectivity index (χ1n) is 5.42. The minimum atomic E-state index is -0.817. The molecule has 5 heteroatoms. The Bertz CT molecular complexity index is 421. The molecule has 0 spiro atoms. The first kappa shape index (κ1) is 13.9. The molecule has 0 fully saturated rings. The highest BCUT2D eigenvalue weighted by Gasteiger charge is 2.05. The summed E-state index contributed by atoms with van der Waals surface area (Å²) in [5.41, 5.74) is 6.71. The third-order valence-electron chi connectivity index (χ3n) is 2.54. The maximum atomic E-state index is 11.1. The van der Waals surface area contributed by atoms with Gasteiger partial charge in [0.05, 0.1) is 0 Å². The van der Waals surface area contributed by atoms with E-state index in [-0.39, 0.29) is 5.25 Å². The zero-order valence-electron chi connectivity index (χ0n) is 10.1. The van der Waals surface area contributed by atoms with Crippen LogP contribution in [0.1, 0.15) is 22.8 Å². The monoisotopic (exact) mass is 254 g/mol. The van der Waals surface area contributed by atoms with Crippen molar-refractivity contribution in [2.45, 2.75) is 18.7 Å². The third kappa shape index (κ3) is 4.66. The number of carbonyl (C=O) groups is 1. The highest BCUT2D eigenvalue weighted by molar-refractivity contribution is 7.84. The van der Waals surface area contributed by atoms with Crippen molar-refractivity contribution in [1.29, 1.82) is 0 Å². The molecule has 1 rings (SSSR count). The van der Waals surface area contributed by atoms with Crippen LogP contribution < -0.4 is 11.1 Å². The van der Waals surface area contributed by atoms with Crippen LogP contribution in [-0.4, -0.2) is 28.2 Å². The molecule has 1 amide bonds. The van der Waals surface area contributed by atoms with E-state index in [0.29, 0.717) is 18.7 Å². The first-order chi connectivity index (χ1) is 8.00. The molecule has 0 saturated carbocycles. The summed E-state index contributed by atoms with van der Waals surface area (Å²) in [5, 5.41) is 3.32. The minimum absolute atomic E-state index is 0.120. The van der Waals surface area contributed by atoms with E-state index in [0.717, 1.165) is 5.56 Å². The second kappa shape index (κ2) is 6.51. The molecule has 0 bridgehead atoms. The topological polar surface area (TPSA) is 72.2 Å². The van der Waals surface area contributed by atoms with Gasteiger partial charge in [-0.25, -0.2) is 0 Å². The maximum absolute atomic E-state index is 11.1. The Balaban J connectivity index is 2.49. The van der Waals surface area contributed by atoms with Crippen LogP contribution in [0.2, 0.25) is 0 Å². The molecule has 0 saturated heterocycles. The van der Waals surface area contributed by atoms with Gasteiger partial charge in [-0.1, -0.05) is 12.1 Å². The SMILES string of the molecule is CC(CNCc1cccc(C(N)=O)c1)S(C)=O. The first-order valence-corrected chi connectivity index (χ1v) is 7.04. The molecular formula is C12H18N2O2S. The molecule has 0 radical (unpaired) electrons. The number of rotatable bonds is 6. The van der Waals surface area contributed by atoms with E-state index in [1.807, 2.05) is 13.0 Å². The number of hydrogen-bond donors (Lipinski definition) is 2. The lowest BCUT2D eigenvalue weighted by Gasteiger charge is -2.10. The lowest BCUT2D eigenvalue weighted by molar-refractivity contribution is 0.1000. The summed E-state index contributed by atoms with van der Waals surface area (Å²) in [7, 11) is -0.817. The largest absolute Gasteiger partial charge is 0.366 e. The predicted octanol–water partition coefficient (Wildman–Crippen LogP) is 0.642. The predicted molar refractivity (Wildman–Crippen MR) is 70.2 cm³/mol. The van der Waals surface area contributed by atoms with Crippen molar-refractivity contribution >= 4 is 16.7 Å². The second-order valence-electron chi connectivity index (χ2n) is 4.00. The summed E-state index contributed by atoms with van der Waals surface area (Å²) >= 11 is 0. The van der Waals surface area contributed by atoms with Crippen molar-refractivity contribution in [3.8, 4) is 0 Å². The zero-order valence-corrected chi connectivity index (χ0v) is 10.9. The summed E-state index contributed by atoms with van der Waals surface area (Å²) in [6.45, 7) is 3.26. The number of benzene rings is 1. The molecule has 3 N–H and O–H groups in total. The van der Waals surface area contributed by atoms with Crippen LogP contribution in [0.5, 0.6) is 0 Å². The Morgan fingerprint density at radius 2 is 2.24 bits per heavy atom. The molecule has 4 nitrogen and oxygen atoms in total. The van der Waals surface area contributed by atoms with Gasteiger partial charge in [-0.05, 0) is 24.6 Å². The minimum Gasteiger partial charge on any atom is -0.366 e. The zero-order chi connectivity index (χ0) is 12.8. The number of hydrogen-bond acceptors (Lipinski definition) is 3. The van der Waals surface area contributed by atoms with Gasteiger partial charge in [0.15, 0.2) is 0 Å². The molecule has 0 heterocycles. The van der Waals surface area contributed by atoms with Gasteiger partial charge in [0, 0.05) is 41.0 Å². The van der Waals surface area contributed by atoms with Crippen LogP contribution in [0.25, 0.3) is 0 Å². The van der Waals surface area contributed by atoms with E-state index in [1.165, 1.54) is 0 Å². The van der Waals surface area contributed by atoms with E-state index < -0.39 is 16.7 Å². The van der Waals surface area contributed by atoms with E-state index in [9.17, 15) is 9.00 Å². The molecule has 17 heavy (non-hydrogen) atoms. The average molecular weight is 254 g/mol. The van der Waals surface area contributed by atoms with E-state index in [4.69, 9.17) is 5.73 Å². The van der Waals surface area contributed by atoms with Gasteiger partial charge in [0.2, 0.25) is 5.91 Å². The van der Waals surface area contributed by atoms with E-state index >= 15 is 0 Å². The summed E-state index contributed by atoms with van der Waals surface area (Å²) in [5.74, 6) is -0.421. The lowest BCUT2D eigenvalue weighted by Crippen LogP contribution is -2.27. The number of amides is 1. The average Bonchev–Trinajstić information content (AvgIpc) is 2.29. The Morgan fingerprint density at radius 3 is 2.82 bits per heavy atom. The Morgan fingerprint density at radius 1 is 1.53 bits per heavy atom. The van der Waals surface area contributed by atoms with Crippen molar-refractivity contribution in [3.05, 3.63) is 35.4 Å². The summed E-state index contributed by atoms with van der Waals surface area (Å²) < 4.78 is 11.1. The number of primary amides is 1. The highest BCUT2D eigenvalue weighted by atomic mass is 32.2. The molecule has 2 atom stereocenters. The van der Waals surface area contributed by atoms with Crippen LogP contribution in [-0.2, 0) is 17.3 Å². The fourth-order valence-electron chi connectivity index (χ4n) is 1.37. The van der Waals surface area contributed by atoms with Crippen LogP contribution in [0.3, 0.4) is 0 Å². The van der Waals surface area contributed by atoms with Crippen molar-refractivity contribution in [3.63, 3.8) is 0 Å². The number of carbonyl (C=O) groups excluding carboxylic acids is 1. The number of nitrogens with two attached hydrogens (primary N) is 1. The molecule has 94 valence electrons. The smallest absolute Gasteiger partial charge is 0.248 e. The van der Waals surface area contributed by atoms with Crippen LogP contribution in [0.15, 0.2) is 24.3 Å². The standard InChI is InChI=1S/C12H18N2O2S/c1-9(17(2)16)7-14-8-10-4-3-5-11(6-10)12(13)15/h3-6,9,14H,7-8H2,1-2H3,(H2,13,15). The quantitative estimate of drug-likeness (QED) is 0.782. The van der Waals surface area contributed by atoms with Gasteiger partial charge in [-0.2, -0.15) is 0 Å². The van der Waals surface area contributed by atoms with Crippen molar-refractivity contribution in [2.24, 2.45) is 5.73 Å². The Hall–Kier alpha value is -1.20. The molecular weight excluding hydrogens is 236 g/mol. The van der Waals surface area contributed by atoms with Crippen LogP contribution >= 0.6 is 0 Å². The van der Waals surface area contributed by atoms with Gasteiger partial charge in [0.25, 0.3) is 0 Å². The molecule has 1 aromatic rings. The Labute approximate surface area is 104 Å². The van der Waals surface area contributed by atoms with Gasteiger partial charge < -0.3 is 11.1 Å². The Kier molecular flexibility index (Phi) is 5.31. The molecule has 1 aromatic carbocycles. The lowest BCUT2D eigenvalue weighted by atomic mass is 10.1. The second-order valence-corrected chi connectivity index (χ2v) is 5.81. The molecule has 0 aliphatic heterocycles. The van der Waals surface area contributed by atoms with Gasteiger partial charge in [-0.3, -0.25) is 9.00 Å². The highest BCUT2D eigenvalue weighted by Crippen LogP contribution is 2.04. The normalized spacial score (nSPS) is 14.2. The maximum Gasteiger partial charge on any atom is 0.248 e. The third-order valence-corrected chi connectivity index (χ3v) is 3.84. The molecule has 2 unspecified atom stereocenters. The summed E-state index contributed by atoms with van der Waals surface area (Å²) in [4.78, 5) is 11.0. The van der Waals surface area contributed by atoms with Crippen LogP contribution in [0.4, 0.5) is 0 Å². The van der Waals surface area contributed by atoms with E-state index in [2.05, 4.69) is 5.32 Å². The summed E-state index contributed by atoms with van der Waals surface area (Å²) in [6.07, 6.45) is 1.69. The van der Waals surface area contributed by atoms with Gasteiger partial charge in [0.1, 0.15) is 0 Å². The molecule has 0 aromatic heterocycles. The summed E-state index contributed by atoms with van der Waals surface area (Å²) in [6, 6.07) is 7.18.